The number of benzene rings is 3. The van der Waals surface area contributed by atoms with E-state index in [1.54, 1.807) is 44.4 Å². The van der Waals surface area contributed by atoms with Gasteiger partial charge < -0.3 is 29.2 Å². The standard InChI is InChI=1S/C30H36N2O6/c1-5-14-31-30(34)28(16-22-10-7-6-8-11-22)32(20-23-12-9-13-24(15-23)35-2)29(33)21-38-27-18-25(36-3)17-26(19-27)37-4/h6-13,15,17-19,28H,5,14,16,20-21H2,1-4H3,(H,31,34)/t28-/m1/s1. The van der Waals surface area contributed by atoms with Gasteiger partial charge in [0, 0.05) is 37.7 Å². The maximum Gasteiger partial charge on any atom is 0.261 e. The van der Waals surface area contributed by atoms with Gasteiger partial charge in [0.05, 0.1) is 21.3 Å². The van der Waals surface area contributed by atoms with Gasteiger partial charge in [0.2, 0.25) is 5.91 Å². The van der Waals surface area contributed by atoms with E-state index in [4.69, 9.17) is 18.9 Å². The van der Waals surface area contributed by atoms with Gasteiger partial charge >= 0.3 is 0 Å². The predicted octanol–water partition coefficient (Wildman–Crippen LogP) is 4.26. The Morgan fingerprint density at radius 2 is 1.42 bits per heavy atom. The number of amides is 2. The minimum absolute atomic E-state index is 0.206. The lowest BCUT2D eigenvalue weighted by Crippen LogP contribution is -2.51. The monoisotopic (exact) mass is 520 g/mol. The summed E-state index contributed by atoms with van der Waals surface area (Å²) in [5, 5.41) is 2.97. The summed E-state index contributed by atoms with van der Waals surface area (Å²) >= 11 is 0. The van der Waals surface area contributed by atoms with Crippen molar-refractivity contribution in [3.63, 3.8) is 0 Å². The molecule has 0 aromatic heterocycles. The molecule has 0 fully saturated rings. The zero-order valence-corrected chi connectivity index (χ0v) is 22.4. The van der Waals surface area contributed by atoms with Gasteiger partial charge in [-0.2, -0.15) is 0 Å². The molecule has 3 aromatic rings. The molecule has 0 saturated carbocycles. The first-order chi connectivity index (χ1) is 18.5. The molecule has 1 N–H and O–H groups in total. The molecule has 2 amide bonds. The summed E-state index contributed by atoms with van der Waals surface area (Å²) < 4.78 is 21.9. The molecule has 8 heteroatoms. The Labute approximate surface area is 224 Å². The molecule has 0 saturated heterocycles. The number of hydrogen-bond acceptors (Lipinski definition) is 6. The van der Waals surface area contributed by atoms with Crippen molar-refractivity contribution < 1.29 is 28.5 Å². The van der Waals surface area contributed by atoms with Crippen LogP contribution in [0.15, 0.2) is 72.8 Å². The molecule has 0 heterocycles. The Hall–Kier alpha value is -4.20. The van der Waals surface area contributed by atoms with Crippen molar-refractivity contribution in [2.45, 2.75) is 32.4 Å². The summed E-state index contributed by atoms with van der Waals surface area (Å²) in [7, 11) is 4.68. The van der Waals surface area contributed by atoms with Crippen molar-refractivity contribution in [1.29, 1.82) is 0 Å². The molecule has 38 heavy (non-hydrogen) atoms. The van der Waals surface area contributed by atoms with E-state index in [2.05, 4.69) is 5.32 Å². The fraction of sp³-hybridized carbons (Fsp3) is 0.333. The number of ether oxygens (including phenoxy) is 4. The summed E-state index contributed by atoms with van der Waals surface area (Å²) in [6, 6.07) is 21.5. The number of carbonyl (C=O) groups excluding carboxylic acids is 2. The van der Waals surface area contributed by atoms with Gasteiger partial charge in [0.25, 0.3) is 5.91 Å². The molecule has 1 atom stereocenters. The van der Waals surface area contributed by atoms with Crippen LogP contribution in [0.1, 0.15) is 24.5 Å². The maximum atomic E-state index is 13.7. The van der Waals surface area contributed by atoms with Crippen molar-refractivity contribution in [1.82, 2.24) is 10.2 Å². The van der Waals surface area contributed by atoms with Gasteiger partial charge in [-0.15, -0.1) is 0 Å². The first-order valence-electron chi connectivity index (χ1n) is 12.6. The van der Waals surface area contributed by atoms with Crippen LogP contribution in [0.25, 0.3) is 0 Å². The molecule has 8 nitrogen and oxygen atoms in total. The lowest BCUT2D eigenvalue weighted by Gasteiger charge is -2.31. The highest BCUT2D eigenvalue weighted by molar-refractivity contribution is 5.88. The smallest absolute Gasteiger partial charge is 0.261 e. The molecule has 3 aromatic carbocycles. The Bertz CT molecular complexity index is 1160. The van der Waals surface area contributed by atoms with Gasteiger partial charge in [-0.3, -0.25) is 9.59 Å². The van der Waals surface area contributed by atoms with Crippen molar-refractivity contribution >= 4 is 11.8 Å². The third-order valence-electron chi connectivity index (χ3n) is 5.99. The van der Waals surface area contributed by atoms with Crippen LogP contribution in [-0.4, -0.2) is 57.2 Å². The topological polar surface area (TPSA) is 86.3 Å². The van der Waals surface area contributed by atoms with Crippen LogP contribution in [0, 0.1) is 0 Å². The fourth-order valence-corrected chi connectivity index (χ4v) is 3.98. The second kappa shape index (κ2) is 14.5. The molecule has 0 aliphatic heterocycles. The fourth-order valence-electron chi connectivity index (χ4n) is 3.98. The molecule has 3 rings (SSSR count). The quantitative estimate of drug-likeness (QED) is 0.342. The minimum atomic E-state index is -0.744. The Kier molecular flexibility index (Phi) is 10.8. The molecule has 0 radical (unpaired) electrons. The van der Waals surface area contributed by atoms with E-state index < -0.39 is 6.04 Å². The van der Waals surface area contributed by atoms with E-state index in [1.165, 1.54) is 0 Å². The molecule has 0 bridgehead atoms. The number of rotatable bonds is 14. The Morgan fingerprint density at radius 3 is 2.05 bits per heavy atom. The average Bonchev–Trinajstić information content (AvgIpc) is 2.96. The molecule has 0 aliphatic carbocycles. The van der Waals surface area contributed by atoms with Gasteiger partial charge in [-0.05, 0) is 29.7 Å². The Morgan fingerprint density at radius 1 is 0.789 bits per heavy atom. The van der Waals surface area contributed by atoms with Crippen molar-refractivity contribution in [3.8, 4) is 23.0 Å². The van der Waals surface area contributed by atoms with Crippen LogP contribution >= 0.6 is 0 Å². The first-order valence-corrected chi connectivity index (χ1v) is 12.6. The highest BCUT2D eigenvalue weighted by Gasteiger charge is 2.30. The third-order valence-corrected chi connectivity index (χ3v) is 5.99. The van der Waals surface area contributed by atoms with Crippen LogP contribution in [-0.2, 0) is 22.6 Å². The van der Waals surface area contributed by atoms with Gasteiger partial charge in [0.15, 0.2) is 6.61 Å². The van der Waals surface area contributed by atoms with Crippen LogP contribution in [0.2, 0.25) is 0 Å². The number of methoxy groups -OCH3 is 3. The second-order valence-electron chi connectivity index (χ2n) is 8.71. The van der Waals surface area contributed by atoms with E-state index in [0.29, 0.717) is 36.0 Å². The number of carbonyl (C=O) groups is 2. The van der Waals surface area contributed by atoms with Crippen molar-refractivity contribution in [2.75, 3.05) is 34.5 Å². The number of hydrogen-bond donors (Lipinski definition) is 1. The highest BCUT2D eigenvalue weighted by atomic mass is 16.5. The maximum absolute atomic E-state index is 13.7. The van der Waals surface area contributed by atoms with Crippen LogP contribution in [0.4, 0.5) is 0 Å². The molecule has 0 aliphatic rings. The van der Waals surface area contributed by atoms with E-state index in [9.17, 15) is 9.59 Å². The summed E-state index contributed by atoms with van der Waals surface area (Å²) in [6.45, 7) is 2.44. The number of nitrogens with zero attached hydrogens (tertiary/aromatic N) is 1. The van der Waals surface area contributed by atoms with Crippen LogP contribution in [0.5, 0.6) is 23.0 Å². The normalized spacial score (nSPS) is 11.3. The van der Waals surface area contributed by atoms with Crippen LogP contribution < -0.4 is 24.3 Å². The lowest BCUT2D eigenvalue weighted by atomic mass is 10.0. The zero-order valence-electron chi connectivity index (χ0n) is 22.4. The first kappa shape index (κ1) is 28.4. The van der Waals surface area contributed by atoms with E-state index >= 15 is 0 Å². The van der Waals surface area contributed by atoms with Gasteiger partial charge in [-0.25, -0.2) is 0 Å². The lowest BCUT2D eigenvalue weighted by molar-refractivity contribution is -0.142. The molecule has 0 spiro atoms. The average molecular weight is 521 g/mol. The van der Waals surface area contributed by atoms with Crippen molar-refractivity contribution in [2.24, 2.45) is 0 Å². The SMILES string of the molecule is CCCNC(=O)[C@@H](Cc1ccccc1)N(Cc1cccc(OC)c1)C(=O)COc1cc(OC)cc(OC)c1. The molecular formula is C30H36N2O6. The highest BCUT2D eigenvalue weighted by Crippen LogP contribution is 2.27. The Balaban J connectivity index is 1.92. The van der Waals surface area contributed by atoms with Crippen molar-refractivity contribution in [3.05, 3.63) is 83.9 Å². The summed E-state index contributed by atoms with van der Waals surface area (Å²) in [4.78, 5) is 28.7. The zero-order chi connectivity index (χ0) is 27.3. The van der Waals surface area contributed by atoms with E-state index in [-0.39, 0.29) is 25.0 Å². The van der Waals surface area contributed by atoms with Gasteiger partial charge in [-0.1, -0.05) is 49.4 Å². The molecular weight excluding hydrogens is 484 g/mol. The summed E-state index contributed by atoms with van der Waals surface area (Å²) in [5.41, 5.74) is 1.79. The minimum Gasteiger partial charge on any atom is -0.497 e. The summed E-state index contributed by atoms with van der Waals surface area (Å²) in [6.07, 6.45) is 1.15. The van der Waals surface area contributed by atoms with Crippen LogP contribution in [0.3, 0.4) is 0 Å². The molecule has 202 valence electrons. The second-order valence-corrected chi connectivity index (χ2v) is 8.71. The number of nitrogens with one attached hydrogen (secondary N) is 1. The summed E-state index contributed by atoms with van der Waals surface area (Å²) in [5.74, 6) is 1.63. The van der Waals surface area contributed by atoms with Gasteiger partial charge in [0.1, 0.15) is 29.0 Å². The van der Waals surface area contributed by atoms with E-state index in [1.807, 2.05) is 61.5 Å². The predicted molar refractivity (Wildman–Crippen MR) is 146 cm³/mol. The largest absolute Gasteiger partial charge is 0.497 e. The third kappa shape index (κ3) is 8.16. The van der Waals surface area contributed by atoms with E-state index in [0.717, 1.165) is 17.5 Å². The molecule has 0 unspecified atom stereocenters.